The Morgan fingerprint density at radius 2 is 1.53 bits per heavy atom. The molecule has 0 atom stereocenters. The molecule has 0 saturated carbocycles. The Hall–Kier alpha value is -3.97. The molecule has 0 aliphatic rings. The van der Waals surface area contributed by atoms with E-state index in [1.54, 1.807) is 53.9 Å². The highest BCUT2D eigenvalue weighted by Crippen LogP contribution is 2.26. The number of rotatable bonds is 6. The second-order valence-corrected chi connectivity index (χ2v) is 7.23. The highest BCUT2D eigenvalue weighted by Gasteiger charge is 2.13. The van der Waals surface area contributed by atoms with Crippen LogP contribution in [0.3, 0.4) is 0 Å². The molecule has 3 N–H and O–H groups in total. The Morgan fingerprint density at radius 3 is 2.20 bits per heavy atom. The maximum absolute atomic E-state index is 12.5. The van der Waals surface area contributed by atoms with Gasteiger partial charge in [0.25, 0.3) is 5.91 Å². The first-order chi connectivity index (χ1) is 14.6. The molecule has 7 heteroatoms. The van der Waals surface area contributed by atoms with E-state index in [-0.39, 0.29) is 5.91 Å². The summed E-state index contributed by atoms with van der Waals surface area (Å²) in [6.45, 7) is 0. The first kappa shape index (κ1) is 19.4. The fourth-order valence-corrected chi connectivity index (χ4v) is 3.52. The van der Waals surface area contributed by atoms with E-state index in [4.69, 9.17) is 10.5 Å². The first-order valence-corrected chi connectivity index (χ1v) is 9.96. The molecular weight excluding hydrogens is 398 g/mol. The van der Waals surface area contributed by atoms with Gasteiger partial charge in [0.05, 0.1) is 0 Å². The standard InChI is InChI=1S/C23H17N3O3S/c24-21(27)15-6-8-16(9-7-15)23-26-20(14-30-23)22(28)25-17-10-12-19(13-11-17)29-18-4-2-1-3-5-18/h1-14H,(H2,24,27)(H,25,28). The van der Waals surface area contributed by atoms with E-state index in [1.807, 2.05) is 30.3 Å². The lowest BCUT2D eigenvalue weighted by atomic mass is 10.1. The minimum Gasteiger partial charge on any atom is -0.457 e. The number of nitrogens with two attached hydrogens (primary N) is 1. The van der Waals surface area contributed by atoms with Gasteiger partial charge >= 0.3 is 0 Å². The van der Waals surface area contributed by atoms with Crippen molar-refractivity contribution in [2.24, 2.45) is 5.73 Å². The SMILES string of the molecule is NC(=O)c1ccc(-c2nc(C(=O)Nc3ccc(Oc4ccccc4)cc3)cs2)cc1. The number of amides is 2. The maximum Gasteiger partial charge on any atom is 0.275 e. The van der Waals surface area contributed by atoms with Crippen LogP contribution in [0.4, 0.5) is 5.69 Å². The highest BCUT2D eigenvalue weighted by molar-refractivity contribution is 7.13. The van der Waals surface area contributed by atoms with E-state index in [2.05, 4.69) is 10.3 Å². The van der Waals surface area contributed by atoms with Gasteiger partial charge in [0.2, 0.25) is 5.91 Å². The molecule has 0 aliphatic heterocycles. The lowest BCUT2D eigenvalue weighted by Gasteiger charge is -2.07. The summed E-state index contributed by atoms with van der Waals surface area (Å²) >= 11 is 1.35. The molecule has 0 spiro atoms. The molecule has 0 unspecified atom stereocenters. The van der Waals surface area contributed by atoms with Crippen molar-refractivity contribution in [1.29, 1.82) is 0 Å². The molecule has 4 aromatic rings. The predicted octanol–water partition coefficient (Wildman–Crippen LogP) is 4.95. The normalized spacial score (nSPS) is 10.4. The number of nitrogens with one attached hydrogen (secondary N) is 1. The largest absolute Gasteiger partial charge is 0.457 e. The van der Waals surface area contributed by atoms with E-state index in [0.29, 0.717) is 27.7 Å². The number of para-hydroxylation sites is 1. The zero-order valence-electron chi connectivity index (χ0n) is 15.7. The Balaban J connectivity index is 1.41. The molecule has 4 rings (SSSR count). The monoisotopic (exact) mass is 415 g/mol. The van der Waals surface area contributed by atoms with Crippen LogP contribution in [0.15, 0.2) is 84.2 Å². The minimum atomic E-state index is -0.485. The fourth-order valence-electron chi connectivity index (χ4n) is 2.71. The molecule has 0 fully saturated rings. The Morgan fingerprint density at radius 1 is 0.867 bits per heavy atom. The van der Waals surface area contributed by atoms with Crippen LogP contribution in [0, 0.1) is 0 Å². The van der Waals surface area contributed by atoms with Crippen LogP contribution in [0.1, 0.15) is 20.8 Å². The molecule has 148 valence electrons. The molecule has 0 saturated heterocycles. The number of ether oxygens (including phenoxy) is 1. The summed E-state index contributed by atoms with van der Waals surface area (Å²) < 4.78 is 5.75. The van der Waals surface area contributed by atoms with E-state index in [0.717, 1.165) is 11.3 Å². The van der Waals surface area contributed by atoms with Crippen molar-refractivity contribution in [2.75, 3.05) is 5.32 Å². The third-order valence-electron chi connectivity index (χ3n) is 4.24. The summed E-state index contributed by atoms with van der Waals surface area (Å²) in [6.07, 6.45) is 0. The Bertz CT molecular complexity index is 1170. The highest BCUT2D eigenvalue weighted by atomic mass is 32.1. The van der Waals surface area contributed by atoms with Crippen LogP contribution < -0.4 is 15.8 Å². The van der Waals surface area contributed by atoms with E-state index in [9.17, 15) is 9.59 Å². The third-order valence-corrected chi connectivity index (χ3v) is 5.14. The molecule has 0 aliphatic carbocycles. The van der Waals surface area contributed by atoms with Crippen LogP contribution in [0.2, 0.25) is 0 Å². The summed E-state index contributed by atoms with van der Waals surface area (Å²) in [5.41, 5.74) is 7.45. The van der Waals surface area contributed by atoms with E-state index < -0.39 is 5.91 Å². The number of thiazole rings is 1. The van der Waals surface area contributed by atoms with Crippen molar-refractivity contribution >= 4 is 28.8 Å². The van der Waals surface area contributed by atoms with E-state index >= 15 is 0 Å². The van der Waals surface area contributed by atoms with Gasteiger partial charge in [-0.05, 0) is 48.5 Å². The number of primary amides is 1. The van der Waals surface area contributed by atoms with Crippen molar-refractivity contribution in [3.8, 4) is 22.1 Å². The lowest BCUT2D eigenvalue weighted by molar-refractivity contribution is 0.0997. The van der Waals surface area contributed by atoms with Crippen molar-refractivity contribution in [3.05, 3.63) is 95.5 Å². The summed E-state index contributed by atoms with van der Waals surface area (Å²) in [6, 6.07) is 23.4. The van der Waals surface area contributed by atoms with Gasteiger partial charge in [0, 0.05) is 22.2 Å². The molecular formula is C23H17N3O3S. The van der Waals surface area contributed by atoms with Crippen LogP contribution in [0.25, 0.3) is 10.6 Å². The molecule has 6 nitrogen and oxygen atoms in total. The number of aromatic nitrogens is 1. The maximum atomic E-state index is 12.5. The molecule has 3 aromatic carbocycles. The zero-order valence-corrected chi connectivity index (χ0v) is 16.6. The van der Waals surface area contributed by atoms with Crippen LogP contribution >= 0.6 is 11.3 Å². The smallest absolute Gasteiger partial charge is 0.275 e. The van der Waals surface area contributed by atoms with E-state index in [1.165, 1.54) is 11.3 Å². The Labute approximate surface area is 177 Å². The summed E-state index contributed by atoms with van der Waals surface area (Å²) in [7, 11) is 0. The van der Waals surface area contributed by atoms with Crippen molar-refractivity contribution in [3.63, 3.8) is 0 Å². The van der Waals surface area contributed by atoms with Crippen LogP contribution in [-0.2, 0) is 0 Å². The summed E-state index contributed by atoms with van der Waals surface area (Å²) in [5, 5.41) is 5.20. The number of hydrogen-bond acceptors (Lipinski definition) is 5. The second kappa shape index (κ2) is 8.59. The van der Waals surface area contributed by atoms with Crippen LogP contribution in [0.5, 0.6) is 11.5 Å². The quantitative estimate of drug-likeness (QED) is 0.466. The average molecular weight is 415 g/mol. The van der Waals surface area contributed by atoms with Crippen molar-refractivity contribution in [1.82, 2.24) is 4.98 Å². The van der Waals surface area contributed by atoms with Gasteiger partial charge in [-0.1, -0.05) is 30.3 Å². The molecule has 1 heterocycles. The second-order valence-electron chi connectivity index (χ2n) is 6.37. The van der Waals surface area contributed by atoms with Crippen molar-refractivity contribution in [2.45, 2.75) is 0 Å². The van der Waals surface area contributed by atoms with Crippen LogP contribution in [-0.4, -0.2) is 16.8 Å². The molecule has 1 aromatic heterocycles. The zero-order chi connectivity index (χ0) is 20.9. The number of hydrogen-bond donors (Lipinski definition) is 2. The van der Waals surface area contributed by atoms with Gasteiger partial charge in [-0.2, -0.15) is 0 Å². The third kappa shape index (κ3) is 4.53. The molecule has 30 heavy (non-hydrogen) atoms. The molecule has 0 radical (unpaired) electrons. The number of carbonyl (C=O) groups excluding carboxylic acids is 2. The van der Waals surface area contributed by atoms with Gasteiger partial charge in [-0.15, -0.1) is 11.3 Å². The van der Waals surface area contributed by atoms with Gasteiger partial charge in [-0.3, -0.25) is 9.59 Å². The summed E-state index contributed by atoms with van der Waals surface area (Å²) in [4.78, 5) is 28.1. The predicted molar refractivity (Wildman–Crippen MR) is 117 cm³/mol. The first-order valence-electron chi connectivity index (χ1n) is 9.08. The molecule has 0 bridgehead atoms. The van der Waals surface area contributed by atoms with Gasteiger partial charge < -0.3 is 15.8 Å². The fraction of sp³-hybridized carbons (Fsp3) is 0. The molecule has 2 amide bonds. The van der Waals surface area contributed by atoms with Gasteiger partial charge in [0.15, 0.2) is 0 Å². The number of anilines is 1. The number of benzene rings is 3. The topological polar surface area (TPSA) is 94.3 Å². The average Bonchev–Trinajstić information content (AvgIpc) is 3.26. The number of carbonyl (C=O) groups is 2. The lowest BCUT2D eigenvalue weighted by Crippen LogP contribution is -2.12. The summed E-state index contributed by atoms with van der Waals surface area (Å²) in [5.74, 6) is 0.631. The Kier molecular flexibility index (Phi) is 5.54. The minimum absolute atomic E-state index is 0.303. The number of nitrogens with zero attached hydrogens (tertiary/aromatic N) is 1. The van der Waals surface area contributed by atoms with Crippen molar-refractivity contribution < 1.29 is 14.3 Å². The van der Waals surface area contributed by atoms with Gasteiger partial charge in [-0.25, -0.2) is 4.98 Å². The van der Waals surface area contributed by atoms with Gasteiger partial charge in [0.1, 0.15) is 22.2 Å².